The molecule has 1 aromatic carbocycles. The van der Waals surface area contributed by atoms with E-state index in [0.717, 1.165) is 25.0 Å². The van der Waals surface area contributed by atoms with E-state index >= 15 is 0 Å². The Kier molecular flexibility index (Phi) is 8.01. The van der Waals surface area contributed by atoms with Gasteiger partial charge < -0.3 is 10.1 Å². The highest BCUT2D eigenvalue weighted by atomic mass is 19.4. The standard InChI is InChI=1S/C17H20F3NO3/c1-24-16(23)5-3-2-4-12-21-15(22)11-8-13-6-9-14(10-7-13)17(18,19)20/h6-11H,2-5,12H2,1H3,(H,21,22)/b11-8+. The fourth-order valence-corrected chi connectivity index (χ4v) is 1.90. The van der Waals surface area contributed by atoms with E-state index in [4.69, 9.17) is 0 Å². The molecule has 0 saturated heterocycles. The van der Waals surface area contributed by atoms with E-state index in [0.29, 0.717) is 24.9 Å². The Morgan fingerprint density at radius 2 is 1.79 bits per heavy atom. The van der Waals surface area contributed by atoms with Crippen LogP contribution in [0.4, 0.5) is 13.2 Å². The van der Waals surface area contributed by atoms with Crippen molar-refractivity contribution in [2.75, 3.05) is 13.7 Å². The second kappa shape index (κ2) is 9.75. The van der Waals surface area contributed by atoms with E-state index in [1.54, 1.807) is 0 Å². The molecule has 0 aliphatic carbocycles. The fraction of sp³-hybridized carbons (Fsp3) is 0.412. The van der Waals surface area contributed by atoms with Crippen molar-refractivity contribution in [1.82, 2.24) is 5.32 Å². The summed E-state index contributed by atoms with van der Waals surface area (Å²) in [4.78, 5) is 22.5. The van der Waals surface area contributed by atoms with Crippen LogP contribution in [-0.4, -0.2) is 25.5 Å². The molecule has 0 heterocycles. The van der Waals surface area contributed by atoms with Crippen molar-refractivity contribution in [3.05, 3.63) is 41.5 Å². The predicted molar refractivity (Wildman–Crippen MR) is 84.0 cm³/mol. The van der Waals surface area contributed by atoms with Crippen LogP contribution >= 0.6 is 0 Å². The van der Waals surface area contributed by atoms with Gasteiger partial charge in [0.1, 0.15) is 0 Å². The van der Waals surface area contributed by atoms with Crippen LogP contribution in [0.3, 0.4) is 0 Å². The Balaban J connectivity index is 2.27. The lowest BCUT2D eigenvalue weighted by Crippen LogP contribution is -2.22. The summed E-state index contributed by atoms with van der Waals surface area (Å²) < 4.78 is 41.8. The molecule has 0 aliphatic rings. The van der Waals surface area contributed by atoms with Crippen LogP contribution in [0.5, 0.6) is 0 Å². The van der Waals surface area contributed by atoms with Crippen LogP contribution in [0.1, 0.15) is 36.8 Å². The Labute approximate surface area is 138 Å². The number of halogens is 3. The van der Waals surface area contributed by atoms with Crippen molar-refractivity contribution >= 4 is 18.0 Å². The first kappa shape index (κ1) is 19.7. The van der Waals surface area contributed by atoms with Gasteiger partial charge in [0.2, 0.25) is 5.91 Å². The second-order valence-electron chi connectivity index (χ2n) is 5.13. The SMILES string of the molecule is COC(=O)CCCCCNC(=O)/C=C/c1ccc(C(F)(F)F)cc1. The van der Waals surface area contributed by atoms with Crippen LogP contribution in [0.2, 0.25) is 0 Å². The lowest BCUT2D eigenvalue weighted by Gasteiger charge is -2.06. The molecule has 0 atom stereocenters. The molecule has 0 bridgehead atoms. The molecule has 0 spiro atoms. The summed E-state index contributed by atoms with van der Waals surface area (Å²) >= 11 is 0. The summed E-state index contributed by atoms with van der Waals surface area (Å²) in [5, 5.41) is 2.67. The quantitative estimate of drug-likeness (QED) is 0.446. The number of amides is 1. The predicted octanol–water partition coefficient (Wildman–Crippen LogP) is 3.57. The van der Waals surface area contributed by atoms with Crippen LogP contribution in [0, 0.1) is 0 Å². The molecule has 1 N–H and O–H groups in total. The molecule has 0 fully saturated rings. The van der Waals surface area contributed by atoms with Gasteiger partial charge in [-0.2, -0.15) is 13.2 Å². The number of nitrogens with one attached hydrogen (secondary N) is 1. The number of ether oxygens (including phenoxy) is 1. The molecule has 7 heteroatoms. The van der Waals surface area contributed by atoms with Gasteiger partial charge in [0.25, 0.3) is 0 Å². The molecule has 1 amide bonds. The van der Waals surface area contributed by atoms with Gasteiger partial charge in [0.05, 0.1) is 12.7 Å². The van der Waals surface area contributed by atoms with Gasteiger partial charge in [-0.25, -0.2) is 0 Å². The van der Waals surface area contributed by atoms with Gasteiger partial charge in [0.15, 0.2) is 0 Å². The zero-order chi connectivity index (χ0) is 18.0. The third-order valence-corrected chi connectivity index (χ3v) is 3.25. The van der Waals surface area contributed by atoms with Crippen molar-refractivity contribution < 1.29 is 27.5 Å². The van der Waals surface area contributed by atoms with Gasteiger partial charge in [-0.3, -0.25) is 9.59 Å². The van der Waals surface area contributed by atoms with E-state index in [2.05, 4.69) is 10.1 Å². The highest BCUT2D eigenvalue weighted by molar-refractivity contribution is 5.91. The Morgan fingerprint density at radius 3 is 2.38 bits per heavy atom. The zero-order valence-corrected chi connectivity index (χ0v) is 13.4. The van der Waals surface area contributed by atoms with Crippen LogP contribution in [0.15, 0.2) is 30.3 Å². The summed E-state index contributed by atoms with van der Waals surface area (Å²) in [6.45, 7) is 0.470. The minimum atomic E-state index is -4.37. The summed E-state index contributed by atoms with van der Waals surface area (Å²) in [5.41, 5.74) is -0.215. The fourth-order valence-electron chi connectivity index (χ4n) is 1.90. The minimum absolute atomic E-state index is 0.251. The number of methoxy groups -OCH3 is 1. The van der Waals surface area contributed by atoms with Crippen molar-refractivity contribution in [1.29, 1.82) is 0 Å². The summed E-state index contributed by atoms with van der Waals surface area (Å²) in [6.07, 6.45) is 0.939. The molecule has 4 nitrogen and oxygen atoms in total. The Bertz CT molecular complexity index is 565. The topological polar surface area (TPSA) is 55.4 Å². The molecular weight excluding hydrogens is 323 g/mol. The van der Waals surface area contributed by atoms with E-state index in [9.17, 15) is 22.8 Å². The molecule has 24 heavy (non-hydrogen) atoms. The maximum absolute atomic E-state index is 12.4. The molecule has 0 aromatic heterocycles. The van der Waals surface area contributed by atoms with Gasteiger partial charge >= 0.3 is 12.1 Å². The maximum Gasteiger partial charge on any atom is 0.416 e. The molecule has 1 aromatic rings. The number of unbranched alkanes of at least 4 members (excludes halogenated alkanes) is 2. The molecular formula is C17H20F3NO3. The number of carbonyl (C=O) groups is 2. The summed E-state index contributed by atoms with van der Waals surface area (Å²) in [6, 6.07) is 4.55. The molecule has 1 rings (SSSR count). The van der Waals surface area contributed by atoms with Crippen LogP contribution in [-0.2, 0) is 20.5 Å². The third kappa shape index (κ3) is 7.80. The first-order valence-corrected chi connectivity index (χ1v) is 7.53. The van der Waals surface area contributed by atoms with Crippen molar-refractivity contribution in [3.8, 4) is 0 Å². The lowest BCUT2D eigenvalue weighted by molar-refractivity contribution is -0.141. The lowest BCUT2D eigenvalue weighted by atomic mass is 10.1. The van der Waals surface area contributed by atoms with E-state index < -0.39 is 11.7 Å². The van der Waals surface area contributed by atoms with Crippen LogP contribution < -0.4 is 5.32 Å². The highest BCUT2D eigenvalue weighted by Gasteiger charge is 2.29. The van der Waals surface area contributed by atoms with E-state index in [-0.39, 0.29) is 11.9 Å². The molecule has 132 valence electrons. The highest BCUT2D eigenvalue weighted by Crippen LogP contribution is 2.29. The average Bonchev–Trinajstić information content (AvgIpc) is 2.55. The number of carbonyl (C=O) groups excluding carboxylic acids is 2. The number of esters is 1. The van der Waals surface area contributed by atoms with Crippen LogP contribution in [0.25, 0.3) is 6.08 Å². The number of alkyl halides is 3. The molecule has 0 saturated carbocycles. The second-order valence-corrected chi connectivity index (χ2v) is 5.13. The third-order valence-electron chi connectivity index (χ3n) is 3.25. The number of hydrogen-bond acceptors (Lipinski definition) is 3. The average molecular weight is 343 g/mol. The Hall–Kier alpha value is -2.31. The molecule has 0 unspecified atom stereocenters. The van der Waals surface area contributed by atoms with Gasteiger partial charge in [-0.1, -0.05) is 18.6 Å². The first-order valence-electron chi connectivity index (χ1n) is 7.53. The van der Waals surface area contributed by atoms with Crippen molar-refractivity contribution in [2.45, 2.75) is 31.9 Å². The molecule has 0 aliphatic heterocycles. The number of hydrogen-bond donors (Lipinski definition) is 1. The smallest absolute Gasteiger partial charge is 0.416 e. The number of benzene rings is 1. The van der Waals surface area contributed by atoms with Crippen molar-refractivity contribution in [3.63, 3.8) is 0 Å². The van der Waals surface area contributed by atoms with E-state index in [1.165, 1.54) is 31.4 Å². The van der Waals surface area contributed by atoms with Gasteiger partial charge in [-0.05, 0) is 36.6 Å². The zero-order valence-electron chi connectivity index (χ0n) is 13.4. The number of rotatable bonds is 8. The Morgan fingerprint density at radius 1 is 1.12 bits per heavy atom. The summed E-state index contributed by atoms with van der Waals surface area (Å²) in [5.74, 6) is -0.568. The van der Waals surface area contributed by atoms with Gasteiger partial charge in [-0.15, -0.1) is 0 Å². The molecule has 0 radical (unpaired) electrons. The largest absolute Gasteiger partial charge is 0.469 e. The first-order chi connectivity index (χ1) is 11.3. The normalized spacial score (nSPS) is 11.5. The van der Waals surface area contributed by atoms with E-state index in [1.807, 2.05) is 0 Å². The van der Waals surface area contributed by atoms with Crippen molar-refractivity contribution in [2.24, 2.45) is 0 Å². The minimum Gasteiger partial charge on any atom is -0.469 e. The van der Waals surface area contributed by atoms with Gasteiger partial charge in [0, 0.05) is 19.0 Å². The summed E-state index contributed by atoms with van der Waals surface area (Å²) in [7, 11) is 1.34. The maximum atomic E-state index is 12.4. The monoisotopic (exact) mass is 343 g/mol.